The Morgan fingerprint density at radius 3 is 2.45 bits per heavy atom. The maximum atomic E-state index is 6.14. The minimum Gasteiger partial charge on any atom is -0.355 e. The van der Waals surface area contributed by atoms with Crippen LogP contribution >= 0.6 is 0 Å². The van der Waals surface area contributed by atoms with Gasteiger partial charge < -0.3 is 5.32 Å². The van der Waals surface area contributed by atoms with Gasteiger partial charge in [0.05, 0.1) is 7.85 Å². The van der Waals surface area contributed by atoms with Crippen molar-refractivity contribution in [3.8, 4) is 0 Å². The second-order valence-corrected chi connectivity index (χ2v) is 5.70. The Bertz CT molecular complexity index is 552. The molecule has 0 bridgehead atoms. The largest absolute Gasteiger partial charge is 0.355 e. The lowest BCUT2D eigenvalue weighted by molar-refractivity contribution is 0.445. The van der Waals surface area contributed by atoms with E-state index < -0.39 is 0 Å². The zero-order valence-electron chi connectivity index (χ0n) is 11.8. The van der Waals surface area contributed by atoms with Gasteiger partial charge in [0.15, 0.2) is 0 Å². The van der Waals surface area contributed by atoms with Crippen LogP contribution in [-0.4, -0.2) is 7.85 Å². The monoisotopic (exact) mass is 261 g/mol. The van der Waals surface area contributed by atoms with Gasteiger partial charge in [0.1, 0.15) is 0 Å². The van der Waals surface area contributed by atoms with Crippen LogP contribution in [0.2, 0.25) is 5.82 Å². The molecule has 0 amide bonds. The summed E-state index contributed by atoms with van der Waals surface area (Å²) in [4.78, 5) is 0. The summed E-state index contributed by atoms with van der Waals surface area (Å²) >= 11 is 0. The van der Waals surface area contributed by atoms with Crippen LogP contribution in [0.5, 0.6) is 0 Å². The first kappa shape index (κ1) is 13.3. The first-order valence-corrected chi connectivity index (χ1v) is 7.49. The molecule has 2 heteroatoms. The van der Waals surface area contributed by atoms with Crippen molar-refractivity contribution in [2.24, 2.45) is 0 Å². The van der Waals surface area contributed by atoms with E-state index in [0.717, 1.165) is 12.1 Å². The van der Waals surface area contributed by atoms with Gasteiger partial charge in [-0.05, 0) is 36.1 Å². The van der Waals surface area contributed by atoms with E-state index in [0.29, 0.717) is 11.7 Å². The number of anilines is 2. The minimum atomic E-state index is 0.360. The van der Waals surface area contributed by atoms with Crippen LogP contribution in [0.4, 0.5) is 11.4 Å². The number of rotatable bonds is 3. The Labute approximate surface area is 122 Å². The van der Waals surface area contributed by atoms with Gasteiger partial charge in [0.2, 0.25) is 0 Å². The van der Waals surface area contributed by atoms with Crippen LogP contribution in [0.3, 0.4) is 0 Å². The van der Waals surface area contributed by atoms with E-state index in [4.69, 9.17) is 7.85 Å². The molecule has 1 N–H and O–H groups in total. The predicted octanol–water partition coefficient (Wildman–Crippen LogP) is 5.04. The highest BCUT2D eigenvalue weighted by molar-refractivity contribution is 6.11. The third kappa shape index (κ3) is 3.06. The predicted molar refractivity (Wildman–Crippen MR) is 86.9 cm³/mol. The Morgan fingerprint density at radius 1 is 0.900 bits per heavy atom. The zero-order chi connectivity index (χ0) is 13.8. The van der Waals surface area contributed by atoms with Gasteiger partial charge in [0.25, 0.3) is 0 Å². The molecule has 0 spiro atoms. The number of hydrogen-bond donors (Lipinski definition) is 1. The number of hydrogen-bond acceptors (Lipinski definition) is 1. The van der Waals surface area contributed by atoms with Crippen LogP contribution in [0.25, 0.3) is 0 Å². The highest BCUT2D eigenvalue weighted by Gasteiger charge is 2.21. The highest BCUT2D eigenvalue weighted by atomic mass is 14.9. The Morgan fingerprint density at radius 2 is 1.65 bits per heavy atom. The quantitative estimate of drug-likeness (QED) is 0.763. The average molecular weight is 261 g/mol. The molecule has 1 aliphatic rings. The lowest BCUT2D eigenvalue weighted by Crippen LogP contribution is -2.11. The molecule has 2 unspecified atom stereocenters. The van der Waals surface area contributed by atoms with Gasteiger partial charge in [-0.2, -0.15) is 0 Å². The summed E-state index contributed by atoms with van der Waals surface area (Å²) in [6.45, 7) is 0. The fraction of sp³-hybridized carbons (Fsp3) is 0.333. The third-order valence-corrected chi connectivity index (χ3v) is 4.17. The molecule has 20 heavy (non-hydrogen) atoms. The molecule has 1 aliphatic carbocycles. The van der Waals surface area contributed by atoms with Gasteiger partial charge in [0, 0.05) is 11.4 Å². The Hall–Kier alpha value is -1.70. The number of benzene rings is 2. The molecule has 1 saturated carbocycles. The third-order valence-electron chi connectivity index (χ3n) is 4.17. The van der Waals surface area contributed by atoms with E-state index in [2.05, 4.69) is 53.8 Å². The van der Waals surface area contributed by atoms with Gasteiger partial charge in [-0.1, -0.05) is 61.5 Å². The van der Waals surface area contributed by atoms with Crippen molar-refractivity contribution >= 4 is 19.2 Å². The van der Waals surface area contributed by atoms with Crippen molar-refractivity contribution < 1.29 is 0 Å². The average Bonchev–Trinajstić information content (AvgIpc) is 2.49. The smallest absolute Gasteiger partial charge is 0.0699 e. The summed E-state index contributed by atoms with van der Waals surface area (Å²) in [7, 11) is 6.14. The second-order valence-electron chi connectivity index (χ2n) is 5.70. The molecule has 2 aromatic rings. The Kier molecular flexibility index (Phi) is 4.10. The van der Waals surface area contributed by atoms with Gasteiger partial charge in [-0.25, -0.2) is 0 Å². The zero-order valence-corrected chi connectivity index (χ0v) is 11.8. The van der Waals surface area contributed by atoms with Crippen LogP contribution in [0, 0.1) is 0 Å². The fourth-order valence-electron chi connectivity index (χ4n) is 3.15. The molecule has 0 saturated heterocycles. The van der Waals surface area contributed by atoms with E-state index in [-0.39, 0.29) is 0 Å². The summed E-state index contributed by atoms with van der Waals surface area (Å²) in [5.41, 5.74) is 3.77. The normalized spacial score (nSPS) is 22.4. The van der Waals surface area contributed by atoms with Crippen molar-refractivity contribution in [2.45, 2.75) is 37.4 Å². The van der Waals surface area contributed by atoms with E-state index in [1.165, 1.54) is 30.5 Å². The van der Waals surface area contributed by atoms with Crippen molar-refractivity contribution in [1.29, 1.82) is 0 Å². The SMILES string of the molecule is [B]C1CCCC(c2ccccc2Nc2ccccc2)C1. The summed E-state index contributed by atoms with van der Waals surface area (Å²) < 4.78 is 0. The van der Waals surface area contributed by atoms with E-state index >= 15 is 0 Å². The first-order chi connectivity index (χ1) is 9.83. The van der Waals surface area contributed by atoms with Gasteiger partial charge in [-0.3, -0.25) is 0 Å². The molecular weight excluding hydrogens is 241 g/mol. The van der Waals surface area contributed by atoms with Gasteiger partial charge in [-0.15, -0.1) is 0 Å². The maximum Gasteiger partial charge on any atom is 0.0699 e. The molecule has 2 atom stereocenters. The first-order valence-electron chi connectivity index (χ1n) is 7.49. The number of nitrogens with one attached hydrogen (secondary N) is 1. The highest BCUT2D eigenvalue weighted by Crippen LogP contribution is 2.40. The van der Waals surface area contributed by atoms with E-state index in [1.807, 2.05) is 6.07 Å². The topological polar surface area (TPSA) is 12.0 Å². The molecule has 3 rings (SSSR count). The molecular formula is C18H20BN. The van der Waals surface area contributed by atoms with Crippen molar-refractivity contribution in [2.75, 3.05) is 5.32 Å². The number of para-hydroxylation sites is 2. The van der Waals surface area contributed by atoms with Crippen LogP contribution in [-0.2, 0) is 0 Å². The summed E-state index contributed by atoms with van der Waals surface area (Å²) in [6, 6.07) is 19.0. The van der Waals surface area contributed by atoms with Crippen LogP contribution in [0.15, 0.2) is 54.6 Å². The summed E-state index contributed by atoms with van der Waals surface area (Å²) in [6.07, 6.45) is 4.77. The van der Waals surface area contributed by atoms with Crippen molar-refractivity contribution in [1.82, 2.24) is 0 Å². The molecule has 1 fully saturated rings. The van der Waals surface area contributed by atoms with Gasteiger partial charge >= 0.3 is 0 Å². The van der Waals surface area contributed by atoms with Crippen molar-refractivity contribution in [3.05, 3.63) is 60.2 Å². The van der Waals surface area contributed by atoms with Crippen molar-refractivity contribution in [3.63, 3.8) is 0 Å². The van der Waals surface area contributed by atoms with Crippen LogP contribution < -0.4 is 5.32 Å². The molecule has 0 aliphatic heterocycles. The fourth-order valence-corrected chi connectivity index (χ4v) is 3.15. The van der Waals surface area contributed by atoms with Crippen LogP contribution in [0.1, 0.15) is 37.2 Å². The Balaban J connectivity index is 1.84. The lowest BCUT2D eigenvalue weighted by Gasteiger charge is -2.29. The molecule has 0 heterocycles. The molecule has 2 radical (unpaired) electrons. The molecule has 100 valence electrons. The maximum absolute atomic E-state index is 6.14. The van der Waals surface area contributed by atoms with E-state index in [1.54, 1.807) is 0 Å². The minimum absolute atomic E-state index is 0.360. The molecule has 0 aromatic heterocycles. The summed E-state index contributed by atoms with van der Waals surface area (Å²) in [5.74, 6) is 0.949. The van der Waals surface area contributed by atoms with E-state index in [9.17, 15) is 0 Å². The summed E-state index contributed by atoms with van der Waals surface area (Å²) in [5, 5.41) is 3.54. The second kappa shape index (κ2) is 6.17. The molecule has 2 aromatic carbocycles. The standard InChI is InChI=1S/C18H20BN/c19-15-8-6-7-14(13-15)17-11-4-5-12-18(17)20-16-9-2-1-3-10-16/h1-5,9-12,14-15,20H,6-8,13H2. The lowest BCUT2D eigenvalue weighted by atomic mass is 9.69. The molecule has 1 nitrogen and oxygen atoms in total.